The molecule has 0 unspecified atom stereocenters. The van der Waals surface area contributed by atoms with Gasteiger partial charge < -0.3 is 16.0 Å². The van der Waals surface area contributed by atoms with E-state index >= 15 is 0 Å². The number of fused-ring (bicyclic) bond motifs is 1. The van der Waals surface area contributed by atoms with E-state index < -0.39 is 5.91 Å². The van der Waals surface area contributed by atoms with Crippen LogP contribution in [0.25, 0.3) is 22.0 Å². The fraction of sp³-hybridized carbons (Fsp3) is 0.0556. The Labute approximate surface area is 137 Å². The number of benzene rings is 2. The van der Waals surface area contributed by atoms with Crippen LogP contribution in [0.3, 0.4) is 0 Å². The van der Waals surface area contributed by atoms with Gasteiger partial charge in [-0.25, -0.2) is 0 Å². The Morgan fingerprint density at radius 3 is 2.79 bits per heavy atom. The van der Waals surface area contributed by atoms with E-state index in [9.17, 15) is 9.59 Å². The summed E-state index contributed by atoms with van der Waals surface area (Å²) in [6.45, 7) is -0.0432. The zero-order chi connectivity index (χ0) is 17.1. The number of nitriles is 1. The number of aromatic amines is 1. The molecule has 1 aromatic heterocycles. The van der Waals surface area contributed by atoms with E-state index in [0.717, 1.165) is 16.5 Å². The minimum Gasteiger partial charge on any atom is -0.366 e. The van der Waals surface area contributed by atoms with Crippen LogP contribution in [-0.2, 0) is 0 Å². The smallest absolute Gasteiger partial charge is 0.252 e. The number of rotatable bonds is 4. The van der Waals surface area contributed by atoms with Gasteiger partial charge >= 0.3 is 0 Å². The third-order valence-electron chi connectivity index (χ3n) is 3.75. The van der Waals surface area contributed by atoms with E-state index in [4.69, 9.17) is 11.0 Å². The van der Waals surface area contributed by atoms with E-state index in [-0.39, 0.29) is 12.5 Å². The van der Waals surface area contributed by atoms with Gasteiger partial charge in [-0.3, -0.25) is 9.59 Å². The molecule has 6 heteroatoms. The van der Waals surface area contributed by atoms with Crippen molar-refractivity contribution < 1.29 is 9.59 Å². The number of hydrogen-bond acceptors (Lipinski definition) is 3. The molecular formula is C18H14N4O2. The van der Waals surface area contributed by atoms with E-state index in [1.165, 1.54) is 0 Å². The highest BCUT2D eigenvalue weighted by molar-refractivity contribution is 6.09. The van der Waals surface area contributed by atoms with Crippen molar-refractivity contribution >= 4 is 22.7 Å². The molecule has 0 spiro atoms. The van der Waals surface area contributed by atoms with Gasteiger partial charge in [0.1, 0.15) is 6.54 Å². The maximum Gasteiger partial charge on any atom is 0.252 e. The van der Waals surface area contributed by atoms with Gasteiger partial charge in [0.2, 0.25) is 0 Å². The summed E-state index contributed by atoms with van der Waals surface area (Å²) in [4.78, 5) is 26.6. The number of aromatic nitrogens is 1. The van der Waals surface area contributed by atoms with Crippen LogP contribution in [0.5, 0.6) is 0 Å². The minimum absolute atomic E-state index is 0.0432. The fourth-order valence-corrected chi connectivity index (χ4v) is 2.66. The molecule has 0 saturated carbocycles. The number of nitrogens with one attached hydrogen (secondary N) is 2. The number of carbonyl (C=O) groups is 2. The molecule has 3 aromatic rings. The predicted octanol–water partition coefficient (Wildman–Crippen LogP) is 2.19. The second-order valence-electron chi connectivity index (χ2n) is 5.21. The molecule has 0 aliphatic heterocycles. The summed E-state index contributed by atoms with van der Waals surface area (Å²) in [7, 11) is 0. The predicted molar refractivity (Wildman–Crippen MR) is 90.2 cm³/mol. The van der Waals surface area contributed by atoms with Gasteiger partial charge in [0.25, 0.3) is 11.8 Å². The third kappa shape index (κ3) is 2.71. The number of primary amides is 1. The Hall–Kier alpha value is -3.59. The zero-order valence-electron chi connectivity index (χ0n) is 12.7. The van der Waals surface area contributed by atoms with Gasteiger partial charge in [-0.05, 0) is 35.4 Å². The molecule has 0 bridgehead atoms. The maximum absolute atomic E-state index is 12.0. The number of nitrogens with two attached hydrogens (primary N) is 1. The van der Waals surface area contributed by atoms with Crippen molar-refractivity contribution in [3.8, 4) is 17.2 Å². The lowest BCUT2D eigenvalue weighted by molar-refractivity contribution is 0.0957. The van der Waals surface area contributed by atoms with Gasteiger partial charge in [-0.15, -0.1) is 0 Å². The van der Waals surface area contributed by atoms with Crippen LogP contribution in [0.1, 0.15) is 20.7 Å². The first-order valence-electron chi connectivity index (χ1n) is 7.27. The Morgan fingerprint density at radius 1 is 1.21 bits per heavy atom. The summed E-state index contributed by atoms with van der Waals surface area (Å²) >= 11 is 0. The van der Waals surface area contributed by atoms with Gasteiger partial charge in [-0.2, -0.15) is 5.26 Å². The van der Waals surface area contributed by atoms with Gasteiger partial charge in [0, 0.05) is 17.1 Å². The Bertz CT molecular complexity index is 982. The number of carbonyl (C=O) groups excluding carboxylic acids is 2. The van der Waals surface area contributed by atoms with Crippen LogP contribution >= 0.6 is 0 Å². The van der Waals surface area contributed by atoms with Crippen LogP contribution in [0.15, 0.2) is 48.7 Å². The highest BCUT2D eigenvalue weighted by Gasteiger charge is 2.13. The maximum atomic E-state index is 12.0. The monoisotopic (exact) mass is 318 g/mol. The molecule has 24 heavy (non-hydrogen) atoms. The fourth-order valence-electron chi connectivity index (χ4n) is 2.66. The molecule has 118 valence electrons. The Morgan fingerprint density at radius 2 is 2.04 bits per heavy atom. The van der Waals surface area contributed by atoms with Crippen LogP contribution in [0.4, 0.5) is 0 Å². The second kappa shape index (κ2) is 6.26. The summed E-state index contributed by atoms with van der Waals surface area (Å²) in [6.07, 6.45) is 1.74. The van der Waals surface area contributed by atoms with Crippen molar-refractivity contribution in [2.24, 2.45) is 5.73 Å². The van der Waals surface area contributed by atoms with Crippen LogP contribution in [0, 0.1) is 11.3 Å². The topological polar surface area (TPSA) is 112 Å². The molecule has 3 rings (SSSR count). The van der Waals surface area contributed by atoms with Gasteiger partial charge in [-0.1, -0.05) is 18.2 Å². The highest BCUT2D eigenvalue weighted by Crippen LogP contribution is 2.30. The van der Waals surface area contributed by atoms with Crippen LogP contribution in [-0.4, -0.2) is 23.3 Å². The van der Waals surface area contributed by atoms with E-state index in [1.54, 1.807) is 30.5 Å². The highest BCUT2D eigenvalue weighted by atomic mass is 16.2. The van der Waals surface area contributed by atoms with Crippen molar-refractivity contribution in [2.45, 2.75) is 0 Å². The first-order valence-corrected chi connectivity index (χ1v) is 7.27. The average molecular weight is 318 g/mol. The molecule has 0 atom stereocenters. The summed E-state index contributed by atoms with van der Waals surface area (Å²) in [6, 6.07) is 14.3. The summed E-state index contributed by atoms with van der Waals surface area (Å²) < 4.78 is 0. The molecule has 0 saturated heterocycles. The van der Waals surface area contributed by atoms with E-state index in [0.29, 0.717) is 16.6 Å². The largest absolute Gasteiger partial charge is 0.366 e. The SMILES string of the molecule is N#CCNC(=O)c1cccc(-c2ccc(C(N)=O)c3[nH]ccc23)c1. The molecule has 2 aromatic carbocycles. The molecule has 0 aliphatic rings. The normalized spacial score (nSPS) is 10.3. The summed E-state index contributed by atoms with van der Waals surface area (Å²) in [5, 5.41) is 11.9. The van der Waals surface area contributed by atoms with Crippen LogP contribution in [0.2, 0.25) is 0 Å². The lowest BCUT2D eigenvalue weighted by atomic mass is 9.97. The molecule has 1 heterocycles. The number of nitrogens with zero attached hydrogens (tertiary/aromatic N) is 1. The number of amides is 2. The van der Waals surface area contributed by atoms with Gasteiger partial charge in [0.15, 0.2) is 0 Å². The minimum atomic E-state index is -0.501. The van der Waals surface area contributed by atoms with E-state index in [1.807, 2.05) is 24.3 Å². The van der Waals surface area contributed by atoms with Crippen molar-refractivity contribution in [1.82, 2.24) is 10.3 Å². The molecular weight excluding hydrogens is 304 g/mol. The van der Waals surface area contributed by atoms with Crippen LogP contribution < -0.4 is 11.1 Å². The molecule has 0 radical (unpaired) electrons. The lowest BCUT2D eigenvalue weighted by Crippen LogP contribution is -2.23. The quantitative estimate of drug-likeness (QED) is 0.641. The molecule has 6 nitrogen and oxygen atoms in total. The van der Waals surface area contributed by atoms with Crippen molar-refractivity contribution in [1.29, 1.82) is 5.26 Å². The van der Waals surface area contributed by atoms with Crippen molar-refractivity contribution in [2.75, 3.05) is 6.54 Å². The second-order valence-corrected chi connectivity index (χ2v) is 5.21. The first kappa shape index (κ1) is 15.3. The lowest BCUT2D eigenvalue weighted by Gasteiger charge is -2.08. The van der Waals surface area contributed by atoms with E-state index in [2.05, 4.69) is 10.3 Å². The molecule has 4 N–H and O–H groups in total. The Kier molecular flexibility index (Phi) is 4.00. The van der Waals surface area contributed by atoms with Gasteiger partial charge in [0.05, 0.1) is 17.1 Å². The van der Waals surface area contributed by atoms with Crippen molar-refractivity contribution in [3.05, 3.63) is 59.8 Å². The van der Waals surface area contributed by atoms with Crippen molar-refractivity contribution in [3.63, 3.8) is 0 Å². The standard InChI is InChI=1S/C18H14N4O2/c19-7-9-22-18(24)12-3-1-2-11(10-12)13-4-5-15(17(20)23)16-14(13)6-8-21-16/h1-6,8,10,21H,9H2,(H2,20,23)(H,22,24). The third-order valence-corrected chi connectivity index (χ3v) is 3.75. The summed E-state index contributed by atoms with van der Waals surface area (Å²) in [5.41, 5.74) is 8.66. The Balaban J connectivity index is 2.07. The first-order chi connectivity index (χ1) is 11.6. The molecule has 2 amide bonds. The molecule has 0 aliphatic carbocycles. The number of H-pyrrole nitrogens is 1. The average Bonchev–Trinajstić information content (AvgIpc) is 3.08. The number of hydrogen-bond donors (Lipinski definition) is 3. The zero-order valence-corrected chi connectivity index (χ0v) is 12.7. The summed E-state index contributed by atoms with van der Waals surface area (Å²) in [5.74, 6) is -0.809. The molecule has 0 fully saturated rings.